The van der Waals surface area contributed by atoms with Crippen molar-refractivity contribution in [2.75, 3.05) is 16.0 Å². The van der Waals surface area contributed by atoms with Crippen molar-refractivity contribution in [2.45, 2.75) is 76.3 Å². The van der Waals surface area contributed by atoms with E-state index in [-0.39, 0.29) is 66.0 Å². The van der Waals surface area contributed by atoms with Crippen molar-refractivity contribution in [3.8, 4) is 11.5 Å². The molecular formula is C36H34ClN11O6. The smallest absolute Gasteiger partial charge is 0.323 e. The molecule has 6 amide bonds. The Kier molecular flexibility index (Phi) is 9.45. The molecule has 6 heterocycles. The lowest BCUT2D eigenvalue weighted by Gasteiger charge is -2.29. The van der Waals surface area contributed by atoms with Crippen LogP contribution in [0.25, 0.3) is 17.2 Å². The van der Waals surface area contributed by atoms with Gasteiger partial charge in [0, 0.05) is 49.0 Å². The summed E-state index contributed by atoms with van der Waals surface area (Å²) in [4.78, 5) is 77.2. The van der Waals surface area contributed by atoms with E-state index in [1.54, 1.807) is 35.1 Å². The first kappa shape index (κ1) is 34.8. The molecule has 1 saturated heterocycles. The Morgan fingerprint density at radius 3 is 2.65 bits per heavy atom. The number of hydrogen-bond donors (Lipinski definition) is 4. The number of hydrogen-bond acceptors (Lipinski definition) is 11. The number of fused-ring (bicyclic) bond motifs is 2. The van der Waals surface area contributed by atoms with Crippen molar-refractivity contribution < 1.29 is 28.5 Å². The number of carbonyl (C=O) groups excluding carboxylic acids is 5. The summed E-state index contributed by atoms with van der Waals surface area (Å²) in [6, 6.07) is 7.16. The first-order valence-corrected chi connectivity index (χ1v) is 18.0. The van der Waals surface area contributed by atoms with Gasteiger partial charge in [-0.05, 0) is 55.5 Å². The van der Waals surface area contributed by atoms with Gasteiger partial charge in [0.2, 0.25) is 29.4 Å². The molecular weight excluding hydrogens is 718 g/mol. The molecule has 3 aliphatic rings. The molecule has 0 radical (unpaired) electrons. The van der Waals surface area contributed by atoms with Crippen LogP contribution >= 0.6 is 11.6 Å². The minimum absolute atomic E-state index is 0.158. The maximum Gasteiger partial charge on any atom is 0.323 e. The number of rotatable bonds is 10. The molecule has 2 aliphatic heterocycles. The highest BCUT2D eigenvalue weighted by Gasteiger charge is 2.39. The summed E-state index contributed by atoms with van der Waals surface area (Å²) in [6.45, 7) is 0.209. The van der Waals surface area contributed by atoms with Gasteiger partial charge in [0.05, 0.1) is 40.7 Å². The summed E-state index contributed by atoms with van der Waals surface area (Å²) in [5.74, 6) is -0.629. The Morgan fingerprint density at radius 2 is 1.83 bits per heavy atom. The number of imide groups is 1. The molecule has 1 atom stereocenters. The van der Waals surface area contributed by atoms with Crippen LogP contribution in [-0.2, 0) is 27.3 Å². The number of aryl methyl sites for hydroxylation is 1. The van der Waals surface area contributed by atoms with E-state index >= 15 is 0 Å². The van der Waals surface area contributed by atoms with Gasteiger partial charge in [-0.15, -0.1) is 0 Å². The predicted molar refractivity (Wildman–Crippen MR) is 193 cm³/mol. The van der Waals surface area contributed by atoms with E-state index in [0.717, 1.165) is 37.0 Å². The zero-order chi connectivity index (χ0) is 37.3. The largest absolute Gasteiger partial charge is 0.339 e. The van der Waals surface area contributed by atoms with Gasteiger partial charge in [-0.25, -0.2) is 19.3 Å². The Labute approximate surface area is 312 Å². The molecule has 17 nitrogen and oxygen atoms in total. The van der Waals surface area contributed by atoms with E-state index in [1.807, 2.05) is 6.07 Å². The van der Waals surface area contributed by atoms with Gasteiger partial charge in [0.1, 0.15) is 11.7 Å². The molecule has 54 heavy (non-hydrogen) atoms. The highest BCUT2D eigenvalue weighted by molar-refractivity contribution is 6.33. The molecule has 18 heteroatoms. The van der Waals surface area contributed by atoms with E-state index < -0.39 is 18.0 Å². The molecule has 0 spiro atoms. The molecule has 1 aromatic carbocycles. The molecule has 0 bridgehead atoms. The number of nitrogens with one attached hydrogen (secondary N) is 4. The van der Waals surface area contributed by atoms with Crippen molar-refractivity contribution in [1.82, 2.24) is 39.9 Å². The van der Waals surface area contributed by atoms with Gasteiger partial charge in [0.25, 0.3) is 5.91 Å². The molecule has 2 fully saturated rings. The second-order valence-electron chi connectivity index (χ2n) is 13.5. The van der Waals surface area contributed by atoms with Gasteiger partial charge >= 0.3 is 6.03 Å². The number of piperidine rings is 1. The number of anilines is 3. The van der Waals surface area contributed by atoms with Crippen molar-refractivity contribution in [1.29, 1.82) is 0 Å². The van der Waals surface area contributed by atoms with Crippen molar-refractivity contribution >= 4 is 64.0 Å². The summed E-state index contributed by atoms with van der Waals surface area (Å²) in [5.41, 5.74) is 4.53. The van der Waals surface area contributed by atoms with Crippen molar-refractivity contribution in [3.63, 3.8) is 0 Å². The van der Waals surface area contributed by atoms with Gasteiger partial charge in [-0.1, -0.05) is 29.6 Å². The van der Waals surface area contributed by atoms with E-state index in [1.165, 1.54) is 17.2 Å². The molecule has 8 rings (SSSR count). The van der Waals surface area contributed by atoms with Crippen LogP contribution in [0.2, 0.25) is 5.02 Å². The van der Waals surface area contributed by atoms with Crippen LogP contribution in [0, 0.1) is 0 Å². The maximum absolute atomic E-state index is 13.0. The summed E-state index contributed by atoms with van der Waals surface area (Å²) in [6.07, 6.45) is 10.4. The molecule has 1 unspecified atom stereocenters. The Bertz CT molecular complexity index is 2320. The van der Waals surface area contributed by atoms with Crippen LogP contribution in [0.4, 0.5) is 21.9 Å². The predicted octanol–water partition coefficient (Wildman–Crippen LogP) is 4.85. The number of nitrogens with zero attached hydrogens (tertiary/aromatic N) is 7. The average molecular weight is 752 g/mol. The third-order valence-electron chi connectivity index (χ3n) is 9.82. The fourth-order valence-corrected chi connectivity index (χ4v) is 7.51. The topological polar surface area (TPSA) is 219 Å². The fourth-order valence-electron chi connectivity index (χ4n) is 7.26. The van der Waals surface area contributed by atoms with Crippen LogP contribution < -0.4 is 21.3 Å². The van der Waals surface area contributed by atoms with Gasteiger partial charge < -0.3 is 25.4 Å². The van der Waals surface area contributed by atoms with E-state index in [4.69, 9.17) is 16.1 Å². The number of aromatic nitrogens is 6. The first-order chi connectivity index (χ1) is 26.2. The summed E-state index contributed by atoms with van der Waals surface area (Å²) < 4.78 is 7.17. The quantitative estimate of drug-likeness (QED) is 0.141. The zero-order valence-electron chi connectivity index (χ0n) is 28.8. The van der Waals surface area contributed by atoms with Crippen molar-refractivity contribution in [2.24, 2.45) is 0 Å². The number of pyridine rings is 1. The van der Waals surface area contributed by atoms with Gasteiger partial charge in [0.15, 0.2) is 5.65 Å². The van der Waals surface area contributed by atoms with Crippen LogP contribution in [0.3, 0.4) is 0 Å². The minimum atomic E-state index is -0.712. The third kappa shape index (κ3) is 7.09. The lowest BCUT2D eigenvalue weighted by molar-refractivity contribution is -0.137. The monoisotopic (exact) mass is 751 g/mol. The average Bonchev–Trinajstić information content (AvgIpc) is 3.97. The Hall–Kier alpha value is -6.23. The van der Waals surface area contributed by atoms with Crippen LogP contribution in [-0.4, -0.2) is 70.3 Å². The minimum Gasteiger partial charge on any atom is -0.339 e. The Morgan fingerprint density at radius 1 is 0.981 bits per heavy atom. The maximum atomic E-state index is 13.0. The van der Waals surface area contributed by atoms with Gasteiger partial charge in [-0.3, -0.25) is 24.5 Å². The number of halogens is 1. The highest BCUT2D eigenvalue weighted by Crippen LogP contribution is 2.38. The van der Waals surface area contributed by atoms with Crippen LogP contribution in [0.5, 0.6) is 0 Å². The second kappa shape index (κ2) is 14.7. The molecule has 4 aromatic heterocycles. The molecule has 4 N–H and O–H groups in total. The number of amides is 6. The number of carbonyl (C=O) groups is 5. The number of benzene rings is 1. The standard InChI is InChI=1S/C36H34ClN11O6/c37-24-15-22(42-36(53)43-25-17-38-27-12-13-40-48(27)32(25)19-4-1-2-5-19)16-39-31(24)33-45-30(54-46-33)7-3-6-28(49)41-21-8-9-23-20(14-21)18-47(35(23)52)26-10-11-29(50)44-34(26)51/h8-9,12-17,19,26H,1-7,10-11,18H2,(H,41,49)(H2,42,43,53)(H,44,50,51). The lowest BCUT2D eigenvalue weighted by Crippen LogP contribution is -2.52. The van der Waals surface area contributed by atoms with E-state index in [0.29, 0.717) is 46.9 Å². The first-order valence-electron chi connectivity index (χ1n) is 17.7. The van der Waals surface area contributed by atoms with Gasteiger partial charge in [-0.2, -0.15) is 10.1 Å². The molecule has 1 aliphatic carbocycles. The second-order valence-corrected chi connectivity index (χ2v) is 13.9. The molecule has 276 valence electrons. The van der Waals surface area contributed by atoms with E-state index in [9.17, 15) is 24.0 Å². The molecule has 1 saturated carbocycles. The van der Waals surface area contributed by atoms with E-state index in [2.05, 4.69) is 46.5 Å². The Balaban J connectivity index is 0.829. The summed E-state index contributed by atoms with van der Waals surface area (Å²) in [5, 5.41) is 19.4. The zero-order valence-corrected chi connectivity index (χ0v) is 29.6. The highest BCUT2D eigenvalue weighted by atomic mass is 35.5. The SMILES string of the molecule is O=C1CCC(N2Cc3cc(NC(=O)CCCc4nc(-c5ncc(NC(=O)Nc6cnc7ccnn7c6C6CCCC6)cc5Cl)no4)ccc3C2=O)C(=O)N1. The van der Waals surface area contributed by atoms with Crippen LogP contribution in [0.1, 0.15) is 84.8 Å². The molecule has 5 aromatic rings. The fraction of sp³-hybridized carbons (Fsp3) is 0.333. The lowest BCUT2D eigenvalue weighted by atomic mass is 10.0. The van der Waals surface area contributed by atoms with Crippen molar-refractivity contribution in [3.05, 3.63) is 76.7 Å². The normalized spacial score (nSPS) is 17.2. The third-order valence-corrected chi connectivity index (χ3v) is 10.1. The summed E-state index contributed by atoms with van der Waals surface area (Å²) in [7, 11) is 0. The van der Waals surface area contributed by atoms with Crippen LogP contribution in [0.15, 0.2) is 53.4 Å². The number of urea groups is 1. The summed E-state index contributed by atoms with van der Waals surface area (Å²) >= 11 is 6.52.